The fourth-order valence-electron chi connectivity index (χ4n) is 1.59. The van der Waals surface area contributed by atoms with Gasteiger partial charge in [0.25, 0.3) is 0 Å². The van der Waals surface area contributed by atoms with Crippen LogP contribution in [0.2, 0.25) is 0 Å². The standard InChI is InChI=1S/C12H12N2O2/c13-7-9-2-1-3-10(6-9)14-8-12(4-5-12)11(15)16/h1-3,6,14H,4-5,8H2,(H,15,16). The van der Waals surface area contributed by atoms with Gasteiger partial charge in [-0.1, -0.05) is 6.07 Å². The molecule has 82 valence electrons. The lowest BCUT2D eigenvalue weighted by atomic mass is 10.1. The van der Waals surface area contributed by atoms with Gasteiger partial charge in [0.05, 0.1) is 17.0 Å². The van der Waals surface area contributed by atoms with Gasteiger partial charge in [-0.3, -0.25) is 4.79 Å². The predicted octanol–water partition coefficient (Wildman–Crippen LogP) is 1.83. The summed E-state index contributed by atoms with van der Waals surface area (Å²) in [7, 11) is 0. The molecule has 2 N–H and O–H groups in total. The molecule has 1 aliphatic carbocycles. The lowest BCUT2D eigenvalue weighted by Gasteiger charge is -2.12. The lowest BCUT2D eigenvalue weighted by molar-refractivity contribution is -0.142. The van der Waals surface area contributed by atoms with Gasteiger partial charge in [-0.15, -0.1) is 0 Å². The quantitative estimate of drug-likeness (QED) is 0.805. The van der Waals surface area contributed by atoms with E-state index < -0.39 is 11.4 Å². The number of nitrogens with one attached hydrogen (secondary N) is 1. The minimum absolute atomic E-state index is 0.428. The van der Waals surface area contributed by atoms with Crippen molar-refractivity contribution in [2.24, 2.45) is 5.41 Å². The molecule has 0 atom stereocenters. The van der Waals surface area contributed by atoms with Gasteiger partial charge in [-0.2, -0.15) is 5.26 Å². The Balaban J connectivity index is 2.00. The Morgan fingerprint density at radius 1 is 1.56 bits per heavy atom. The van der Waals surface area contributed by atoms with Crippen LogP contribution in [0.5, 0.6) is 0 Å². The molecule has 1 aromatic carbocycles. The van der Waals surface area contributed by atoms with E-state index in [9.17, 15) is 4.79 Å². The van der Waals surface area contributed by atoms with Crippen LogP contribution in [0.25, 0.3) is 0 Å². The summed E-state index contributed by atoms with van der Waals surface area (Å²) in [6.45, 7) is 0.428. The van der Waals surface area contributed by atoms with Crippen LogP contribution in [-0.4, -0.2) is 17.6 Å². The van der Waals surface area contributed by atoms with Crippen LogP contribution in [0.4, 0.5) is 5.69 Å². The van der Waals surface area contributed by atoms with E-state index in [1.54, 1.807) is 18.2 Å². The molecule has 1 fully saturated rings. The zero-order valence-electron chi connectivity index (χ0n) is 8.73. The fourth-order valence-corrected chi connectivity index (χ4v) is 1.59. The Bertz CT molecular complexity index is 458. The maximum absolute atomic E-state index is 10.9. The molecule has 1 aromatic rings. The molecule has 16 heavy (non-hydrogen) atoms. The topological polar surface area (TPSA) is 73.1 Å². The van der Waals surface area contributed by atoms with Crippen LogP contribution in [-0.2, 0) is 4.79 Å². The highest BCUT2D eigenvalue weighted by molar-refractivity contribution is 5.78. The molecule has 0 aromatic heterocycles. The molecule has 0 unspecified atom stereocenters. The van der Waals surface area contributed by atoms with E-state index in [0.717, 1.165) is 18.5 Å². The largest absolute Gasteiger partial charge is 0.481 e. The van der Waals surface area contributed by atoms with Crippen LogP contribution in [0, 0.1) is 16.7 Å². The lowest BCUT2D eigenvalue weighted by Crippen LogP contribution is -2.24. The van der Waals surface area contributed by atoms with Gasteiger partial charge >= 0.3 is 5.97 Å². The zero-order chi connectivity index (χ0) is 11.6. The number of carboxylic acid groups (broad SMARTS) is 1. The summed E-state index contributed by atoms with van der Waals surface area (Å²) in [6, 6.07) is 9.10. The molecule has 0 saturated heterocycles. The van der Waals surface area contributed by atoms with Crippen molar-refractivity contribution in [2.45, 2.75) is 12.8 Å². The van der Waals surface area contributed by atoms with E-state index in [2.05, 4.69) is 5.32 Å². The second-order valence-corrected chi connectivity index (χ2v) is 4.13. The van der Waals surface area contributed by atoms with Crippen molar-refractivity contribution in [2.75, 3.05) is 11.9 Å². The number of benzene rings is 1. The maximum Gasteiger partial charge on any atom is 0.311 e. The Hall–Kier alpha value is -2.02. The summed E-state index contributed by atoms with van der Waals surface area (Å²) >= 11 is 0. The molecule has 1 saturated carbocycles. The number of anilines is 1. The van der Waals surface area contributed by atoms with Crippen molar-refractivity contribution in [3.8, 4) is 6.07 Å². The first kappa shape index (κ1) is 10.5. The van der Waals surface area contributed by atoms with Crippen LogP contribution >= 0.6 is 0 Å². The smallest absolute Gasteiger partial charge is 0.311 e. The zero-order valence-corrected chi connectivity index (χ0v) is 8.73. The Morgan fingerprint density at radius 3 is 2.88 bits per heavy atom. The summed E-state index contributed by atoms with van der Waals surface area (Å²) in [6.07, 6.45) is 1.46. The molecule has 0 amide bonds. The van der Waals surface area contributed by atoms with Crippen molar-refractivity contribution in [3.05, 3.63) is 29.8 Å². The Morgan fingerprint density at radius 2 is 2.31 bits per heavy atom. The highest BCUT2D eigenvalue weighted by atomic mass is 16.4. The average molecular weight is 216 g/mol. The Labute approximate surface area is 93.5 Å². The third kappa shape index (κ3) is 1.98. The molecular weight excluding hydrogens is 204 g/mol. The predicted molar refractivity (Wildman–Crippen MR) is 58.9 cm³/mol. The van der Waals surface area contributed by atoms with Gasteiger partial charge in [-0.05, 0) is 31.0 Å². The second kappa shape index (κ2) is 3.86. The molecule has 4 heteroatoms. The normalized spacial score (nSPS) is 16.2. The summed E-state index contributed by atoms with van der Waals surface area (Å²) in [5.74, 6) is -0.739. The molecule has 0 radical (unpaired) electrons. The number of carboxylic acids is 1. The minimum atomic E-state index is -0.739. The van der Waals surface area contributed by atoms with Crippen molar-refractivity contribution in [1.82, 2.24) is 0 Å². The number of nitriles is 1. The van der Waals surface area contributed by atoms with Gasteiger partial charge in [0.2, 0.25) is 0 Å². The summed E-state index contributed by atoms with van der Waals surface area (Å²) in [4.78, 5) is 10.9. The Kier molecular flexibility index (Phi) is 2.53. The first-order valence-corrected chi connectivity index (χ1v) is 5.14. The molecular formula is C12H12N2O2. The van der Waals surface area contributed by atoms with E-state index >= 15 is 0 Å². The van der Waals surface area contributed by atoms with E-state index in [0.29, 0.717) is 12.1 Å². The summed E-state index contributed by atoms with van der Waals surface area (Å²) in [5, 5.41) is 20.8. The second-order valence-electron chi connectivity index (χ2n) is 4.13. The van der Waals surface area contributed by atoms with E-state index in [-0.39, 0.29) is 0 Å². The van der Waals surface area contributed by atoms with Gasteiger partial charge in [0, 0.05) is 12.2 Å². The van der Waals surface area contributed by atoms with Gasteiger partial charge in [0.15, 0.2) is 0 Å². The van der Waals surface area contributed by atoms with E-state index in [4.69, 9.17) is 10.4 Å². The van der Waals surface area contributed by atoms with Gasteiger partial charge < -0.3 is 10.4 Å². The van der Waals surface area contributed by atoms with Crippen LogP contribution < -0.4 is 5.32 Å². The molecule has 2 rings (SSSR count). The fraction of sp³-hybridized carbons (Fsp3) is 0.333. The van der Waals surface area contributed by atoms with Crippen LogP contribution in [0.1, 0.15) is 18.4 Å². The molecule has 0 heterocycles. The molecule has 0 spiro atoms. The molecule has 0 bridgehead atoms. The SMILES string of the molecule is N#Cc1cccc(NCC2(C(=O)O)CC2)c1. The highest BCUT2D eigenvalue weighted by Gasteiger charge is 2.49. The van der Waals surface area contributed by atoms with E-state index in [1.807, 2.05) is 12.1 Å². The average Bonchev–Trinajstić information content (AvgIpc) is 3.08. The van der Waals surface area contributed by atoms with Crippen molar-refractivity contribution in [3.63, 3.8) is 0 Å². The van der Waals surface area contributed by atoms with Gasteiger partial charge in [0.1, 0.15) is 0 Å². The maximum atomic E-state index is 10.9. The molecule has 0 aliphatic heterocycles. The van der Waals surface area contributed by atoms with Crippen LogP contribution in [0.15, 0.2) is 24.3 Å². The van der Waals surface area contributed by atoms with Crippen LogP contribution in [0.3, 0.4) is 0 Å². The number of hydrogen-bond acceptors (Lipinski definition) is 3. The first-order valence-electron chi connectivity index (χ1n) is 5.14. The van der Waals surface area contributed by atoms with Crippen molar-refractivity contribution in [1.29, 1.82) is 5.26 Å². The molecule has 4 nitrogen and oxygen atoms in total. The van der Waals surface area contributed by atoms with Crippen molar-refractivity contribution < 1.29 is 9.90 Å². The van der Waals surface area contributed by atoms with E-state index in [1.165, 1.54) is 0 Å². The molecule has 1 aliphatic rings. The number of hydrogen-bond donors (Lipinski definition) is 2. The third-order valence-electron chi connectivity index (χ3n) is 2.93. The monoisotopic (exact) mass is 216 g/mol. The minimum Gasteiger partial charge on any atom is -0.481 e. The number of rotatable bonds is 4. The highest BCUT2D eigenvalue weighted by Crippen LogP contribution is 2.45. The number of aliphatic carboxylic acids is 1. The first-order chi connectivity index (χ1) is 7.66. The summed E-state index contributed by atoms with van der Waals surface area (Å²) in [5.41, 5.74) is 0.791. The number of nitrogens with zero attached hydrogens (tertiary/aromatic N) is 1. The summed E-state index contributed by atoms with van der Waals surface area (Å²) < 4.78 is 0. The third-order valence-corrected chi connectivity index (χ3v) is 2.93. The van der Waals surface area contributed by atoms with Crippen molar-refractivity contribution >= 4 is 11.7 Å². The number of carbonyl (C=O) groups is 1. The van der Waals surface area contributed by atoms with Gasteiger partial charge in [-0.25, -0.2) is 0 Å².